The van der Waals surface area contributed by atoms with Crippen molar-refractivity contribution in [1.29, 1.82) is 0 Å². The topological polar surface area (TPSA) is 38.3 Å². The Kier molecular flexibility index (Phi) is 4.19. The van der Waals surface area contributed by atoms with E-state index in [0.29, 0.717) is 17.9 Å². The van der Waals surface area contributed by atoms with Crippen LogP contribution in [0.3, 0.4) is 0 Å². The van der Waals surface area contributed by atoms with Crippen molar-refractivity contribution in [3.05, 3.63) is 43.0 Å². The van der Waals surface area contributed by atoms with Gasteiger partial charge < -0.3 is 9.64 Å². The van der Waals surface area contributed by atoms with Gasteiger partial charge in [-0.15, -0.1) is 12.4 Å². The normalized spacial score (nSPS) is 33.1. The van der Waals surface area contributed by atoms with Gasteiger partial charge in [-0.1, -0.05) is 6.07 Å². The zero-order valence-corrected chi connectivity index (χ0v) is 14.4. The molecule has 2 atom stereocenters. The van der Waals surface area contributed by atoms with Crippen LogP contribution in [0.15, 0.2) is 43.0 Å². The molecule has 0 spiro atoms. The van der Waals surface area contributed by atoms with Crippen LogP contribution in [0, 0.1) is 17.8 Å². The molecule has 3 aliphatic heterocycles. The number of pyridine rings is 2. The summed E-state index contributed by atoms with van der Waals surface area (Å²) in [7, 11) is 0. The van der Waals surface area contributed by atoms with Crippen molar-refractivity contribution >= 4 is 12.4 Å². The number of hydrogen-bond donors (Lipinski definition) is 0. The van der Waals surface area contributed by atoms with E-state index in [9.17, 15) is 0 Å². The molecule has 4 aliphatic rings. The molecule has 4 nitrogen and oxygen atoms in total. The zero-order chi connectivity index (χ0) is 15.2. The van der Waals surface area contributed by atoms with Gasteiger partial charge in [0.05, 0.1) is 6.20 Å². The Balaban J connectivity index is 0.00000146. The SMILES string of the molecule is Cl.c1cncc(-c2cncc(OC3[C@H]4CC5C[C@H]3CN(C5)C4)c2)c1. The Hall–Kier alpha value is -1.65. The van der Waals surface area contributed by atoms with E-state index in [1.54, 1.807) is 6.20 Å². The van der Waals surface area contributed by atoms with E-state index in [1.807, 2.05) is 24.7 Å². The molecule has 24 heavy (non-hydrogen) atoms. The minimum absolute atomic E-state index is 0. The lowest BCUT2D eigenvalue weighted by Gasteiger charge is -2.55. The highest BCUT2D eigenvalue weighted by Crippen LogP contribution is 2.45. The molecule has 6 rings (SSSR count). The molecule has 126 valence electrons. The Morgan fingerprint density at radius 2 is 1.75 bits per heavy atom. The van der Waals surface area contributed by atoms with Crippen LogP contribution in [0.5, 0.6) is 5.75 Å². The monoisotopic (exact) mass is 343 g/mol. The van der Waals surface area contributed by atoms with Gasteiger partial charge in [0.25, 0.3) is 0 Å². The summed E-state index contributed by atoms with van der Waals surface area (Å²) >= 11 is 0. The fourth-order valence-corrected chi connectivity index (χ4v) is 4.89. The van der Waals surface area contributed by atoms with Gasteiger partial charge in [-0.05, 0) is 30.9 Å². The number of rotatable bonds is 3. The van der Waals surface area contributed by atoms with Crippen LogP contribution < -0.4 is 4.74 Å². The summed E-state index contributed by atoms with van der Waals surface area (Å²) < 4.78 is 6.44. The van der Waals surface area contributed by atoms with Crippen molar-refractivity contribution in [3.8, 4) is 16.9 Å². The summed E-state index contributed by atoms with van der Waals surface area (Å²) in [6, 6.07) is 6.12. The summed E-state index contributed by atoms with van der Waals surface area (Å²) in [6.45, 7) is 3.75. The van der Waals surface area contributed by atoms with E-state index in [2.05, 4.69) is 27.0 Å². The second-order valence-corrected chi connectivity index (χ2v) is 7.31. The van der Waals surface area contributed by atoms with E-state index in [4.69, 9.17) is 4.74 Å². The Bertz CT molecular complexity index is 681. The lowest BCUT2D eigenvalue weighted by molar-refractivity contribution is -0.0985. The average molecular weight is 344 g/mol. The highest BCUT2D eigenvalue weighted by Gasteiger charge is 2.48. The van der Waals surface area contributed by atoms with Crippen molar-refractivity contribution < 1.29 is 4.74 Å². The van der Waals surface area contributed by atoms with E-state index in [1.165, 1.54) is 32.5 Å². The predicted molar refractivity (Wildman–Crippen MR) is 95.3 cm³/mol. The van der Waals surface area contributed by atoms with E-state index >= 15 is 0 Å². The van der Waals surface area contributed by atoms with Gasteiger partial charge in [-0.2, -0.15) is 0 Å². The largest absolute Gasteiger partial charge is 0.488 e. The number of nitrogens with zero attached hydrogens (tertiary/aromatic N) is 3. The van der Waals surface area contributed by atoms with Crippen LogP contribution in [-0.4, -0.2) is 40.6 Å². The van der Waals surface area contributed by atoms with Crippen LogP contribution in [0.1, 0.15) is 12.8 Å². The van der Waals surface area contributed by atoms with Crippen molar-refractivity contribution in [3.63, 3.8) is 0 Å². The predicted octanol–water partition coefficient (Wildman–Crippen LogP) is 3.28. The molecular weight excluding hydrogens is 322 g/mol. The third-order valence-corrected chi connectivity index (χ3v) is 5.68. The highest BCUT2D eigenvalue weighted by molar-refractivity contribution is 5.85. The first-order valence-electron chi connectivity index (χ1n) is 8.59. The van der Waals surface area contributed by atoms with E-state index in [0.717, 1.165) is 22.8 Å². The second kappa shape index (κ2) is 6.34. The molecular formula is C19H22ClN3O. The van der Waals surface area contributed by atoms with Crippen molar-refractivity contribution in [2.45, 2.75) is 18.9 Å². The van der Waals surface area contributed by atoms with Gasteiger partial charge in [0.2, 0.25) is 0 Å². The van der Waals surface area contributed by atoms with Crippen molar-refractivity contribution in [1.82, 2.24) is 14.9 Å². The summed E-state index contributed by atoms with van der Waals surface area (Å²) in [4.78, 5) is 11.2. The molecule has 1 aliphatic carbocycles. The van der Waals surface area contributed by atoms with Gasteiger partial charge in [0, 0.05) is 61.2 Å². The Morgan fingerprint density at radius 3 is 2.46 bits per heavy atom. The standard InChI is InChI=1S/C19H21N3O.ClH/c1-2-14(7-20-3-1)15-6-18(9-21-8-15)23-19-16-4-13-5-17(19)12-22(10-13)11-16;/h1-3,6-9,13,16-17,19H,4-5,10-12H2;1H/t13?,16-,17-,19?;/m0./s1. The molecule has 0 N–H and O–H groups in total. The fraction of sp³-hybridized carbons (Fsp3) is 0.474. The Labute approximate surface area is 148 Å². The number of ether oxygens (including phenoxy) is 1. The lowest BCUT2D eigenvalue weighted by atomic mass is 9.66. The first-order chi connectivity index (χ1) is 11.3. The summed E-state index contributed by atoms with van der Waals surface area (Å²) in [6.07, 6.45) is 10.4. The quantitative estimate of drug-likeness (QED) is 0.857. The third kappa shape index (κ3) is 2.78. The third-order valence-electron chi connectivity index (χ3n) is 5.68. The number of halogens is 1. The second-order valence-electron chi connectivity index (χ2n) is 7.31. The van der Waals surface area contributed by atoms with Crippen LogP contribution in [0.25, 0.3) is 11.1 Å². The first-order valence-corrected chi connectivity index (χ1v) is 8.59. The molecule has 4 bridgehead atoms. The maximum absolute atomic E-state index is 6.44. The maximum Gasteiger partial charge on any atom is 0.138 e. The minimum Gasteiger partial charge on any atom is -0.488 e. The summed E-state index contributed by atoms with van der Waals surface area (Å²) in [5.74, 6) is 3.21. The lowest BCUT2D eigenvalue weighted by Crippen LogP contribution is -2.61. The summed E-state index contributed by atoms with van der Waals surface area (Å²) in [5.41, 5.74) is 2.16. The molecule has 0 unspecified atom stereocenters. The van der Waals surface area contributed by atoms with Gasteiger partial charge in [0.1, 0.15) is 11.9 Å². The Morgan fingerprint density at radius 1 is 0.958 bits per heavy atom. The van der Waals surface area contributed by atoms with Crippen LogP contribution >= 0.6 is 12.4 Å². The fourth-order valence-electron chi connectivity index (χ4n) is 4.89. The first kappa shape index (κ1) is 15.9. The molecule has 0 aromatic carbocycles. The van der Waals surface area contributed by atoms with Gasteiger partial charge in [0.15, 0.2) is 0 Å². The van der Waals surface area contributed by atoms with Gasteiger partial charge in [-0.25, -0.2) is 0 Å². The highest BCUT2D eigenvalue weighted by atomic mass is 35.5. The van der Waals surface area contributed by atoms with Crippen LogP contribution in [0.2, 0.25) is 0 Å². The van der Waals surface area contributed by atoms with Gasteiger partial charge in [-0.3, -0.25) is 9.97 Å². The van der Waals surface area contributed by atoms with E-state index in [-0.39, 0.29) is 12.4 Å². The molecule has 2 aromatic rings. The average Bonchev–Trinajstić information content (AvgIpc) is 2.59. The molecule has 0 radical (unpaired) electrons. The molecule has 1 saturated carbocycles. The molecule has 5 heteroatoms. The maximum atomic E-state index is 6.44. The van der Waals surface area contributed by atoms with Crippen LogP contribution in [0.4, 0.5) is 0 Å². The molecule has 5 heterocycles. The van der Waals surface area contributed by atoms with Crippen LogP contribution in [-0.2, 0) is 0 Å². The summed E-state index contributed by atoms with van der Waals surface area (Å²) in [5, 5.41) is 0. The van der Waals surface area contributed by atoms with Gasteiger partial charge >= 0.3 is 0 Å². The zero-order valence-electron chi connectivity index (χ0n) is 13.5. The molecule has 4 fully saturated rings. The molecule has 2 aromatic heterocycles. The minimum atomic E-state index is 0. The van der Waals surface area contributed by atoms with Crippen molar-refractivity contribution in [2.24, 2.45) is 17.8 Å². The molecule has 0 amide bonds. The number of aromatic nitrogens is 2. The number of piperidine rings is 3. The molecule has 3 saturated heterocycles. The number of hydrogen-bond acceptors (Lipinski definition) is 4. The smallest absolute Gasteiger partial charge is 0.138 e. The van der Waals surface area contributed by atoms with Crippen molar-refractivity contribution in [2.75, 3.05) is 19.6 Å². The van der Waals surface area contributed by atoms with E-state index < -0.39 is 0 Å².